The van der Waals surface area contributed by atoms with E-state index in [0.717, 1.165) is 25.7 Å². The molecule has 1 saturated carbocycles. The lowest BCUT2D eigenvalue weighted by molar-refractivity contribution is -0.146. The Morgan fingerprint density at radius 3 is 2.22 bits per heavy atom. The highest BCUT2D eigenvalue weighted by Crippen LogP contribution is 2.25. The molecule has 1 aliphatic rings. The summed E-state index contributed by atoms with van der Waals surface area (Å²) in [5, 5.41) is 2.96. The van der Waals surface area contributed by atoms with E-state index in [1.165, 1.54) is 7.11 Å². The third kappa shape index (κ3) is 3.98. The second kappa shape index (κ2) is 6.73. The molecule has 0 aromatic heterocycles. The van der Waals surface area contributed by atoms with Crippen LogP contribution in [0.1, 0.15) is 39.5 Å². The number of ether oxygens (including phenoxy) is 1. The van der Waals surface area contributed by atoms with Gasteiger partial charge in [-0.05, 0) is 31.6 Å². The van der Waals surface area contributed by atoms with Crippen LogP contribution in [0.5, 0.6) is 0 Å². The molecule has 0 saturated heterocycles. The zero-order valence-electron chi connectivity index (χ0n) is 11.4. The minimum absolute atomic E-state index is 0.0121. The molecule has 0 aromatic carbocycles. The van der Waals surface area contributed by atoms with Gasteiger partial charge in [0.2, 0.25) is 5.91 Å². The fraction of sp³-hybridized carbons (Fsp3) is 0.846. The average Bonchev–Trinajstić information content (AvgIpc) is 2.37. The van der Waals surface area contributed by atoms with E-state index in [1.54, 1.807) is 0 Å². The van der Waals surface area contributed by atoms with Crippen LogP contribution in [0.4, 0.5) is 0 Å². The summed E-state index contributed by atoms with van der Waals surface area (Å²) in [6.07, 6.45) is 3.18. The van der Waals surface area contributed by atoms with Crippen LogP contribution in [-0.4, -0.2) is 31.1 Å². The van der Waals surface area contributed by atoms with E-state index >= 15 is 0 Å². The van der Waals surface area contributed by atoms with Crippen molar-refractivity contribution in [1.82, 2.24) is 5.32 Å². The van der Waals surface area contributed by atoms with Crippen molar-refractivity contribution in [3.05, 3.63) is 0 Å². The summed E-state index contributed by atoms with van der Waals surface area (Å²) in [6.45, 7) is 3.86. The molecule has 0 bridgehead atoms. The number of amides is 1. The molecule has 1 rings (SSSR count). The first-order valence-corrected chi connectivity index (χ1v) is 6.59. The molecule has 0 unspecified atom stereocenters. The van der Waals surface area contributed by atoms with Gasteiger partial charge in [0.1, 0.15) is 0 Å². The summed E-state index contributed by atoms with van der Waals surface area (Å²) in [6, 6.07) is -0.313. The zero-order chi connectivity index (χ0) is 13.7. The van der Waals surface area contributed by atoms with Crippen LogP contribution >= 0.6 is 0 Å². The fourth-order valence-corrected chi connectivity index (χ4v) is 2.24. The van der Waals surface area contributed by atoms with Crippen molar-refractivity contribution < 1.29 is 14.3 Å². The highest BCUT2D eigenvalue weighted by atomic mass is 16.5. The quantitative estimate of drug-likeness (QED) is 0.730. The van der Waals surface area contributed by atoms with Gasteiger partial charge in [0, 0.05) is 6.04 Å². The van der Waals surface area contributed by atoms with Gasteiger partial charge in [-0.25, -0.2) is 0 Å². The normalized spacial score (nSPS) is 25.6. The monoisotopic (exact) mass is 256 g/mol. The van der Waals surface area contributed by atoms with Crippen molar-refractivity contribution in [2.45, 2.75) is 51.6 Å². The fourth-order valence-electron chi connectivity index (χ4n) is 2.24. The summed E-state index contributed by atoms with van der Waals surface area (Å²) in [4.78, 5) is 23.2. The Hall–Kier alpha value is -1.10. The molecule has 1 atom stereocenters. The van der Waals surface area contributed by atoms with E-state index in [1.807, 2.05) is 13.8 Å². The molecule has 0 aliphatic heterocycles. The number of esters is 1. The van der Waals surface area contributed by atoms with Gasteiger partial charge in [-0.1, -0.05) is 13.8 Å². The highest BCUT2D eigenvalue weighted by Gasteiger charge is 2.28. The number of nitrogens with two attached hydrogens (primary N) is 1. The molecule has 0 spiro atoms. The maximum Gasteiger partial charge on any atom is 0.308 e. The van der Waals surface area contributed by atoms with E-state index < -0.39 is 6.04 Å². The SMILES string of the molecule is COC(=O)C1CCC(NC(=O)[C@@H](N)C(C)C)CC1. The number of carbonyl (C=O) groups is 2. The molecular weight excluding hydrogens is 232 g/mol. The molecule has 3 N–H and O–H groups in total. The lowest BCUT2D eigenvalue weighted by Gasteiger charge is -2.29. The lowest BCUT2D eigenvalue weighted by atomic mass is 9.86. The van der Waals surface area contributed by atoms with Crippen molar-refractivity contribution in [2.24, 2.45) is 17.6 Å². The molecule has 1 fully saturated rings. The Morgan fingerprint density at radius 1 is 1.22 bits per heavy atom. The average molecular weight is 256 g/mol. The van der Waals surface area contributed by atoms with Crippen LogP contribution in [0.25, 0.3) is 0 Å². The number of methoxy groups -OCH3 is 1. The van der Waals surface area contributed by atoms with E-state index in [2.05, 4.69) is 5.32 Å². The molecule has 5 nitrogen and oxygen atoms in total. The molecule has 5 heteroatoms. The van der Waals surface area contributed by atoms with Gasteiger partial charge < -0.3 is 15.8 Å². The van der Waals surface area contributed by atoms with Crippen molar-refractivity contribution in [2.75, 3.05) is 7.11 Å². The number of hydrogen-bond acceptors (Lipinski definition) is 4. The van der Waals surface area contributed by atoms with Gasteiger partial charge in [-0.2, -0.15) is 0 Å². The second-order valence-electron chi connectivity index (χ2n) is 5.35. The number of hydrogen-bond donors (Lipinski definition) is 2. The zero-order valence-corrected chi connectivity index (χ0v) is 11.4. The second-order valence-corrected chi connectivity index (χ2v) is 5.35. The maximum atomic E-state index is 11.8. The summed E-state index contributed by atoms with van der Waals surface area (Å²) in [5.41, 5.74) is 5.79. The van der Waals surface area contributed by atoms with Gasteiger partial charge in [-0.3, -0.25) is 9.59 Å². The van der Waals surface area contributed by atoms with Crippen molar-refractivity contribution in [3.63, 3.8) is 0 Å². The first-order valence-electron chi connectivity index (χ1n) is 6.59. The molecule has 0 heterocycles. The van der Waals surface area contributed by atoms with Crippen molar-refractivity contribution in [3.8, 4) is 0 Å². The molecule has 18 heavy (non-hydrogen) atoms. The minimum Gasteiger partial charge on any atom is -0.469 e. The Kier molecular flexibility index (Phi) is 5.59. The van der Waals surface area contributed by atoms with E-state index in [-0.39, 0.29) is 29.8 Å². The minimum atomic E-state index is -0.455. The summed E-state index contributed by atoms with van der Waals surface area (Å²) in [7, 11) is 1.41. The van der Waals surface area contributed by atoms with Crippen LogP contribution in [0.15, 0.2) is 0 Å². The predicted molar refractivity (Wildman–Crippen MR) is 68.7 cm³/mol. The predicted octanol–water partition coefficient (Wildman–Crippen LogP) is 0.818. The van der Waals surface area contributed by atoms with Crippen LogP contribution < -0.4 is 11.1 Å². The van der Waals surface area contributed by atoms with Gasteiger partial charge in [0.05, 0.1) is 19.1 Å². The Balaban J connectivity index is 2.36. The van der Waals surface area contributed by atoms with E-state index in [4.69, 9.17) is 10.5 Å². The largest absolute Gasteiger partial charge is 0.469 e. The van der Waals surface area contributed by atoms with Crippen molar-refractivity contribution >= 4 is 11.9 Å². The number of carbonyl (C=O) groups excluding carboxylic acids is 2. The molecule has 0 aromatic rings. The number of rotatable bonds is 4. The van der Waals surface area contributed by atoms with E-state index in [9.17, 15) is 9.59 Å². The smallest absolute Gasteiger partial charge is 0.308 e. The first kappa shape index (κ1) is 15.0. The highest BCUT2D eigenvalue weighted by molar-refractivity contribution is 5.82. The summed E-state index contributed by atoms with van der Waals surface area (Å²) < 4.78 is 4.73. The summed E-state index contributed by atoms with van der Waals surface area (Å²) >= 11 is 0. The Bertz CT molecular complexity index is 297. The van der Waals surface area contributed by atoms with Gasteiger partial charge in [0.25, 0.3) is 0 Å². The lowest BCUT2D eigenvalue weighted by Crippen LogP contribution is -2.48. The molecule has 1 amide bonds. The molecule has 104 valence electrons. The number of nitrogens with one attached hydrogen (secondary N) is 1. The first-order chi connectivity index (χ1) is 8.45. The van der Waals surface area contributed by atoms with E-state index in [0.29, 0.717) is 0 Å². The van der Waals surface area contributed by atoms with Crippen LogP contribution in [0.3, 0.4) is 0 Å². The third-order valence-corrected chi connectivity index (χ3v) is 3.63. The summed E-state index contributed by atoms with van der Waals surface area (Å²) in [5.74, 6) is -0.108. The van der Waals surface area contributed by atoms with Gasteiger partial charge >= 0.3 is 5.97 Å². The molecular formula is C13H24N2O3. The third-order valence-electron chi connectivity index (χ3n) is 3.63. The molecule has 0 radical (unpaired) electrons. The van der Waals surface area contributed by atoms with Crippen molar-refractivity contribution in [1.29, 1.82) is 0 Å². The van der Waals surface area contributed by atoms with Crippen LogP contribution in [0, 0.1) is 11.8 Å². The Labute approximate surface area is 108 Å². The van der Waals surface area contributed by atoms with Crippen LogP contribution in [-0.2, 0) is 14.3 Å². The standard InChI is InChI=1S/C13H24N2O3/c1-8(2)11(14)12(16)15-10-6-4-9(5-7-10)13(17)18-3/h8-11H,4-7,14H2,1-3H3,(H,15,16)/t9?,10?,11-/m0/s1. The van der Waals surface area contributed by atoms with Crippen LogP contribution in [0.2, 0.25) is 0 Å². The topological polar surface area (TPSA) is 81.4 Å². The van der Waals surface area contributed by atoms with Gasteiger partial charge in [-0.15, -0.1) is 0 Å². The Morgan fingerprint density at radius 2 is 1.78 bits per heavy atom. The molecule has 1 aliphatic carbocycles. The maximum absolute atomic E-state index is 11.8. The van der Waals surface area contributed by atoms with Gasteiger partial charge in [0.15, 0.2) is 0 Å².